The molecule has 0 spiro atoms. The summed E-state index contributed by atoms with van der Waals surface area (Å²) in [6.07, 6.45) is -4.64. The predicted molar refractivity (Wildman–Crippen MR) is 79.0 cm³/mol. The van der Waals surface area contributed by atoms with Crippen LogP contribution in [0.3, 0.4) is 0 Å². The molecule has 0 saturated heterocycles. The van der Waals surface area contributed by atoms with Gasteiger partial charge in [-0.1, -0.05) is 12.1 Å². The summed E-state index contributed by atoms with van der Waals surface area (Å²) in [6.45, 7) is 1.43. The predicted octanol–water partition coefficient (Wildman–Crippen LogP) is 4.33. The Morgan fingerprint density at radius 3 is 2.60 bits per heavy atom. The van der Waals surface area contributed by atoms with Crippen molar-refractivity contribution in [2.45, 2.75) is 13.1 Å². The summed E-state index contributed by atoms with van der Waals surface area (Å²) in [5.41, 5.74) is -0.666. The molecule has 1 heterocycles. The Morgan fingerprint density at radius 2 is 2.00 bits per heavy atom. The number of alkyl halides is 3. The number of para-hydroxylation sites is 1. The molecule has 1 aromatic heterocycles. The minimum absolute atomic E-state index is 0.199. The van der Waals surface area contributed by atoms with Gasteiger partial charge in [-0.05, 0) is 41.6 Å². The van der Waals surface area contributed by atoms with Crippen molar-refractivity contribution >= 4 is 45.5 Å². The largest absolute Gasteiger partial charge is 0.435 e. The first-order valence-corrected chi connectivity index (χ1v) is 7.29. The number of hydrogen-bond acceptors (Lipinski definition) is 3. The van der Waals surface area contributed by atoms with E-state index >= 15 is 0 Å². The molecule has 1 amide bonds. The first-order chi connectivity index (χ1) is 9.29. The van der Waals surface area contributed by atoms with Gasteiger partial charge in [-0.2, -0.15) is 13.2 Å². The fourth-order valence-corrected chi connectivity index (χ4v) is 2.87. The van der Waals surface area contributed by atoms with Gasteiger partial charge in [-0.15, -0.1) is 11.3 Å². The molecule has 0 aliphatic heterocycles. The summed E-state index contributed by atoms with van der Waals surface area (Å²) in [6, 6.07) is 6.84. The number of carbonyl (C=O) groups excluding carboxylic acids is 1. The topological polar surface area (TPSA) is 42.0 Å². The molecule has 2 aromatic rings. The van der Waals surface area contributed by atoms with Crippen LogP contribution in [-0.2, 0) is 6.18 Å². The lowest BCUT2D eigenvalue weighted by molar-refractivity contribution is -0.141. The minimum Gasteiger partial charge on any atom is -0.320 e. The third kappa shape index (κ3) is 3.29. The van der Waals surface area contributed by atoms with Crippen LogP contribution in [0, 0.1) is 10.5 Å². The molecule has 0 atom stereocenters. The molecule has 0 saturated carbocycles. The Kier molecular flexibility index (Phi) is 4.33. The maximum atomic E-state index is 12.8. The fraction of sp³-hybridized carbons (Fsp3) is 0.167. The summed E-state index contributed by atoms with van der Waals surface area (Å²) in [7, 11) is 0. The summed E-state index contributed by atoms with van der Waals surface area (Å²) >= 11 is 2.72. The average molecular weight is 412 g/mol. The monoisotopic (exact) mass is 412 g/mol. The van der Waals surface area contributed by atoms with Crippen molar-refractivity contribution in [3.63, 3.8) is 0 Å². The number of rotatable bonds is 2. The highest BCUT2D eigenvalue weighted by atomic mass is 127. The third-order valence-electron chi connectivity index (χ3n) is 2.33. The molecule has 3 nitrogen and oxygen atoms in total. The first-order valence-electron chi connectivity index (χ1n) is 5.39. The van der Waals surface area contributed by atoms with Crippen molar-refractivity contribution in [1.29, 1.82) is 0 Å². The van der Waals surface area contributed by atoms with Gasteiger partial charge in [0, 0.05) is 3.57 Å². The van der Waals surface area contributed by atoms with E-state index in [1.54, 1.807) is 24.3 Å². The molecule has 106 valence electrons. The zero-order valence-electron chi connectivity index (χ0n) is 10.1. The van der Waals surface area contributed by atoms with Gasteiger partial charge in [0.15, 0.2) is 5.69 Å². The number of halogens is 4. The zero-order valence-corrected chi connectivity index (χ0v) is 13.1. The number of amides is 1. The summed E-state index contributed by atoms with van der Waals surface area (Å²) in [4.78, 5) is 15.0. The van der Waals surface area contributed by atoms with E-state index in [2.05, 4.69) is 10.3 Å². The maximum Gasteiger partial charge on any atom is 0.435 e. The smallest absolute Gasteiger partial charge is 0.320 e. The number of anilines is 1. The SMILES string of the molecule is Cc1nc(C(F)(F)F)c(C(=O)Nc2ccccc2I)s1. The molecule has 0 radical (unpaired) electrons. The molecule has 0 fully saturated rings. The van der Waals surface area contributed by atoms with Gasteiger partial charge in [0.2, 0.25) is 0 Å². The van der Waals surface area contributed by atoms with Gasteiger partial charge in [0.1, 0.15) is 4.88 Å². The van der Waals surface area contributed by atoms with E-state index in [1.165, 1.54) is 6.92 Å². The van der Waals surface area contributed by atoms with Crippen LogP contribution in [0.1, 0.15) is 20.4 Å². The Bertz CT molecular complexity index is 654. The Hall–Kier alpha value is -1.16. The van der Waals surface area contributed by atoms with Crippen LogP contribution in [0.4, 0.5) is 18.9 Å². The molecule has 0 bridgehead atoms. The molecular weight excluding hydrogens is 404 g/mol. The highest BCUT2D eigenvalue weighted by Gasteiger charge is 2.39. The summed E-state index contributed by atoms with van der Waals surface area (Å²) < 4.78 is 39.2. The Morgan fingerprint density at radius 1 is 1.35 bits per heavy atom. The minimum atomic E-state index is -4.64. The van der Waals surface area contributed by atoms with Crippen LogP contribution in [0.2, 0.25) is 0 Å². The Balaban J connectivity index is 2.33. The van der Waals surface area contributed by atoms with Crippen molar-refractivity contribution in [2.75, 3.05) is 5.32 Å². The maximum absolute atomic E-state index is 12.8. The molecule has 0 aliphatic carbocycles. The molecule has 1 N–H and O–H groups in total. The highest BCUT2D eigenvalue weighted by Crippen LogP contribution is 2.34. The van der Waals surface area contributed by atoms with E-state index in [9.17, 15) is 18.0 Å². The number of aromatic nitrogens is 1. The average Bonchev–Trinajstić information content (AvgIpc) is 2.74. The first kappa shape index (κ1) is 15.2. The number of hydrogen-bond donors (Lipinski definition) is 1. The van der Waals surface area contributed by atoms with E-state index < -0.39 is 22.7 Å². The lowest BCUT2D eigenvalue weighted by Crippen LogP contribution is -2.17. The number of aryl methyl sites for hydroxylation is 1. The van der Waals surface area contributed by atoms with E-state index in [4.69, 9.17) is 0 Å². The van der Waals surface area contributed by atoms with Crippen molar-refractivity contribution in [3.8, 4) is 0 Å². The van der Waals surface area contributed by atoms with E-state index in [0.717, 1.165) is 14.9 Å². The van der Waals surface area contributed by atoms with Crippen LogP contribution in [0.5, 0.6) is 0 Å². The van der Waals surface area contributed by atoms with Gasteiger partial charge in [0.25, 0.3) is 5.91 Å². The van der Waals surface area contributed by atoms with E-state index in [0.29, 0.717) is 5.69 Å². The van der Waals surface area contributed by atoms with Gasteiger partial charge >= 0.3 is 6.18 Å². The number of carbonyl (C=O) groups is 1. The second kappa shape index (κ2) is 5.68. The van der Waals surface area contributed by atoms with Crippen LogP contribution >= 0.6 is 33.9 Å². The van der Waals surface area contributed by atoms with Crippen molar-refractivity contribution in [1.82, 2.24) is 4.98 Å². The highest BCUT2D eigenvalue weighted by molar-refractivity contribution is 14.1. The summed E-state index contributed by atoms with van der Waals surface area (Å²) in [5.74, 6) is -0.799. The van der Waals surface area contributed by atoms with Gasteiger partial charge in [-0.25, -0.2) is 4.98 Å². The second-order valence-electron chi connectivity index (χ2n) is 3.84. The van der Waals surface area contributed by atoms with Crippen LogP contribution in [0.25, 0.3) is 0 Å². The van der Waals surface area contributed by atoms with Crippen molar-refractivity contribution < 1.29 is 18.0 Å². The van der Waals surface area contributed by atoms with Crippen LogP contribution in [-0.4, -0.2) is 10.9 Å². The Labute approximate surface area is 130 Å². The summed E-state index contributed by atoms with van der Waals surface area (Å²) in [5, 5.41) is 2.68. The van der Waals surface area contributed by atoms with Gasteiger partial charge in [0.05, 0.1) is 10.7 Å². The fourth-order valence-electron chi connectivity index (χ4n) is 1.51. The molecule has 0 aliphatic rings. The lowest BCUT2D eigenvalue weighted by Gasteiger charge is -2.08. The lowest BCUT2D eigenvalue weighted by atomic mass is 10.3. The number of benzene rings is 1. The second-order valence-corrected chi connectivity index (χ2v) is 6.21. The standard InChI is InChI=1S/C12H8F3IN2OS/c1-6-17-10(12(13,14)15)9(20-6)11(19)18-8-5-3-2-4-7(8)16/h2-5H,1H3,(H,18,19). The molecule has 8 heteroatoms. The number of thiazole rings is 1. The van der Waals surface area contributed by atoms with Gasteiger partial charge in [-0.3, -0.25) is 4.79 Å². The molecular formula is C12H8F3IN2OS. The number of nitrogens with one attached hydrogen (secondary N) is 1. The third-order valence-corrected chi connectivity index (χ3v) is 4.24. The van der Waals surface area contributed by atoms with Crippen molar-refractivity contribution in [2.24, 2.45) is 0 Å². The molecule has 1 aromatic carbocycles. The molecule has 20 heavy (non-hydrogen) atoms. The normalized spacial score (nSPS) is 11.4. The molecule has 0 unspecified atom stereocenters. The number of nitrogens with zero attached hydrogens (tertiary/aromatic N) is 1. The van der Waals surface area contributed by atoms with Gasteiger partial charge < -0.3 is 5.32 Å². The molecule has 2 rings (SSSR count). The van der Waals surface area contributed by atoms with Crippen LogP contribution < -0.4 is 5.32 Å². The van der Waals surface area contributed by atoms with E-state index in [-0.39, 0.29) is 5.01 Å². The quantitative estimate of drug-likeness (QED) is 0.747. The van der Waals surface area contributed by atoms with E-state index in [1.807, 2.05) is 22.6 Å². The zero-order chi connectivity index (χ0) is 14.9. The van der Waals surface area contributed by atoms with Crippen molar-refractivity contribution in [3.05, 3.63) is 43.4 Å². The van der Waals surface area contributed by atoms with Crippen LogP contribution in [0.15, 0.2) is 24.3 Å².